The van der Waals surface area contributed by atoms with Gasteiger partial charge in [0.15, 0.2) is 5.65 Å². The maximum Gasteiger partial charge on any atom is 0.257 e. The summed E-state index contributed by atoms with van der Waals surface area (Å²) in [4.78, 5) is 24.9. The Morgan fingerprint density at radius 3 is 2.36 bits per heavy atom. The Labute approximate surface area is 128 Å². The van der Waals surface area contributed by atoms with Gasteiger partial charge >= 0.3 is 0 Å². The van der Waals surface area contributed by atoms with E-state index in [0.717, 1.165) is 16.8 Å². The van der Waals surface area contributed by atoms with Crippen LogP contribution in [0.15, 0.2) is 36.8 Å². The Bertz CT molecular complexity index is 850. The number of rotatable bonds is 2. The van der Waals surface area contributed by atoms with Crippen LogP contribution in [0.5, 0.6) is 0 Å². The SMILES string of the molecule is Cc1cc(C)c(NC(=O)c2cnc3nccnc3c2)c(C)c1. The minimum Gasteiger partial charge on any atom is -0.321 e. The van der Waals surface area contributed by atoms with E-state index in [0.29, 0.717) is 16.7 Å². The van der Waals surface area contributed by atoms with Crippen molar-refractivity contribution in [1.29, 1.82) is 0 Å². The largest absolute Gasteiger partial charge is 0.321 e. The van der Waals surface area contributed by atoms with Crippen LogP contribution in [0.4, 0.5) is 5.69 Å². The lowest BCUT2D eigenvalue weighted by Gasteiger charge is -2.12. The number of carbonyl (C=O) groups excluding carboxylic acids is 1. The van der Waals surface area contributed by atoms with Crippen molar-refractivity contribution in [3.63, 3.8) is 0 Å². The van der Waals surface area contributed by atoms with E-state index in [2.05, 4.69) is 20.3 Å². The predicted molar refractivity (Wildman–Crippen MR) is 85.9 cm³/mol. The lowest BCUT2D eigenvalue weighted by molar-refractivity contribution is 0.102. The van der Waals surface area contributed by atoms with Crippen molar-refractivity contribution in [2.45, 2.75) is 20.8 Å². The number of amides is 1. The quantitative estimate of drug-likeness (QED) is 0.787. The second-order valence-corrected chi connectivity index (χ2v) is 5.35. The molecule has 0 saturated carbocycles. The number of aryl methyl sites for hydroxylation is 3. The first-order valence-electron chi connectivity index (χ1n) is 7.00. The van der Waals surface area contributed by atoms with E-state index in [4.69, 9.17) is 0 Å². The van der Waals surface area contributed by atoms with Gasteiger partial charge in [-0.2, -0.15) is 0 Å². The molecule has 0 unspecified atom stereocenters. The summed E-state index contributed by atoms with van der Waals surface area (Å²) in [5, 5.41) is 2.96. The summed E-state index contributed by atoms with van der Waals surface area (Å²) in [6.45, 7) is 6.01. The van der Waals surface area contributed by atoms with E-state index in [-0.39, 0.29) is 5.91 Å². The van der Waals surface area contributed by atoms with Gasteiger partial charge in [0.2, 0.25) is 0 Å². The van der Waals surface area contributed by atoms with E-state index in [1.165, 1.54) is 11.8 Å². The zero-order chi connectivity index (χ0) is 15.7. The van der Waals surface area contributed by atoms with Crippen molar-refractivity contribution in [2.75, 3.05) is 5.32 Å². The summed E-state index contributed by atoms with van der Waals surface area (Å²) in [6.07, 6.45) is 4.68. The average Bonchev–Trinajstić information content (AvgIpc) is 2.50. The van der Waals surface area contributed by atoms with Crippen LogP contribution in [0, 0.1) is 20.8 Å². The molecular formula is C17H16N4O. The van der Waals surface area contributed by atoms with Crippen LogP contribution >= 0.6 is 0 Å². The van der Waals surface area contributed by atoms with Gasteiger partial charge < -0.3 is 5.32 Å². The van der Waals surface area contributed by atoms with Crippen LogP contribution in [0.1, 0.15) is 27.0 Å². The van der Waals surface area contributed by atoms with Gasteiger partial charge in [0.05, 0.1) is 5.56 Å². The Balaban J connectivity index is 1.93. The Morgan fingerprint density at radius 2 is 1.64 bits per heavy atom. The fourth-order valence-corrected chi connectivity index (χ4v) is 2.55. The maximum atomic E-state index is 12.4. The van der Waals surface area contributed by atoms with Crippen LogP contribution < -0.4 is 5.32 Å². The molecule has 0 fully saturated rings. The second kappa shape index (κ2) is 5.52. The molecule has 0 atom stereocenters. The molecule has 110 valence electrons. The Morgan fingerprint density at radius 1 is 0.955 bits per heavy atom. The highest BCUT2D eigenvalue weighted by molar-refractivity contribution is 6.06. The Hall–Kier alpha value is -2.82. The van der Waals surface area contributed by atoms with Gasteiger partial charge in [0.1, 0.15) is 5.52 Å². The molecule has 2 aromatic heterocycles. The van der Waals surface area contributed by atoms with E-state index in [1.54, 1.807) is 18.5 Å². The molecule has 3 rings (SSSR count). The number of fused-ring (bicyclic) bond motifs is 1. The molecule has 0 spiro atoms. The second-order valence-electron chi connectivity index (χ2n) is 5.35. The number of nitrogens with one attached hydrogen (secondary N) is 1. The maximum absolute atomic E-state index is 12.4. The third kappa shape index (κ3) is 2.65. The molecule has 22 heavy (non-hydrogen) atoms. The van der Waals surface area contributed by atoms with Gasteiger partial charge in [0.25, 0.3) is 5.91 Å². The molecule has 1 N–H and O–H groups in total. The smallest absolute Gasteiger partial charge is 0.257 e. The molecule has 0 bridgehead atoms. The molecule has 1 amide bonds. The van der Waals surface area contributed by atoms with Crippen molar-refractivity contribution in [3.05, 3.63) is 59.0 Å². The third-order valence-corrected chi connectivity index (χ3v) is 3.50. The molecule has 0 aliphatic carbocycles. The van der Waals surface area contributed by atoms with Crippen LogP contribution in [-0.4, -0.2) is 20.9 Å². The minimum absolute atomic E-state index is 0.199. The van der Waals surface area contributed by atoms with Crippen LogP contribution in [0.3, 0.4) is 0 Å². The number of carbonyl (C=O) groups is 1. The molecule has 0 saturated heterocycles. The fraction of sp³-hybridized carbons (Fsp3) is 0.176. The average molecular weight is 292 g/mol. The minimum atomic E-state index is -0.199. The van der Waals surface area contributed by atoms with Crippen molar-refractivity contribution in [1.82, 2.24) is 15.0 Å². The number of pyridine rings is 1. The predicted octanol–water partition coefficient (Wildman–Crippen LogP) is 3.20. The molecule has 5 nitrogen and oxygen atoms in total. The third-order valence-electron chi connectivity index (χ3n) is 3.50. The highest BCUT2D eigenvalue weighted by Gasteiger charge is 2.12. The molecule has 0 radical (unpaired) electrons. The van der Waals surface area contributed by atoms with Gasteiger partial charge in [-0.15, -0.1) is 0 Å². The summed E-state index contributed by atoms with van der Waals surface area (Å²) in [5.41, 5.74) is 5.70. The number of hydrogen-bond donors (Lipinski definition) is 1. The standard InChI is InChI=1S/C17H16N4O/c1-10-6-11(2)15(12(3)7-10)21-17(22)13-8-14-16(20-9-13)19-5-4-18-14/h4-9H,1-3H3,(H,21,22). The topological polar surface area (TPSA) is 67.8 Å². The number of nitrogens with zero attached hydrogens (tertiary/aromatic N) is 3. The normalized spacial score (nSPS) is 10.7. The fourth-order valence-electron chi connectivity index (χ4n) is 2.55. The van der Waals surface area contributed by atoms with Gasteiger partial charge in [-0.25, -0.2) is 9.97 Å². The summed E-state index contributed by atoms with van der Waals surface area (Å²) in [6, 6.07) is 5.79. The molecule has 0 aliphatic heterocycles. The zero-order valence-corrected chi connectivity index (χ0v) is 12.7. The van der Waals surface area contributed by atoms with Gasteiger partial charge in [-0.3, -0.25) is 9.78 Å². The molecule has 2 heterocycles. The van der Waals surface area contributed by atoms with Crippen molar-refractivity contribution in [2.24, 2.45) is 0 Å². The first-order chi connectivity index (χ1) is 10.5. The van der Waals surface area contributed by atoms with Gasteiger partial charge in [0, 0.05) is 24.3 Å². The summed E-state index contributed by atoms with van der Waals surface area (Å²) in [5.74, 6) is -0.199. The molecule has 5 heteroatoms. The summed E-state index contributed by atoms with van der Waals surface area (Å²) < 4.78 is 0. The lowest BCUT2D eigenvalue weighted by atomic mass is 10.0. The number of benzene rings is 1. The lowest BCUT2D eigenvalue weighted by Crippen LogP contribution is -2.14. The number of hydrogen-bond acceptors (Lipinski definition) is 4. The monoisotopic (exact) mass is 292 g/mol. The van der Waals surface area contributed by atoms with E-state index in [1.807, 2.05) is 32.9 Å². The van der Waals surface area contributed by atoms with E-state index >= 15 is 0 Å². The zero-order valence-electron chi connectivity index (χ0n) is 12.7. The van der Waals surface area contributed by atoms with E-state index in [9.17, 15) is 4.79 Å². The molecule has 1 aromatic carbocycles. The van der Waals surface area contributed by atoms with Crippen molar-refractivity contribution in [3.8, 4) is 0 Å². The first-order valence-corrected chi connectivity index (χ1v) is 7.00. The van der Waals surface area contributed by atoms with Gasteiger partial charge in [-0.1, -0.05) is 17.7 Å². The van der Waals surface area contributed by atoms with Crippen molar-refractivity contribution >= 4 is 22.8 Å². The van der Waals surface area contributed by atoms with Crippen LogP contribution in [0.2, 0.25) is 0 Å². The van der Waals surface area contributed by atoms with E-state index < -0.39 is 0 Å². The highest BCUT2D eigenvalue weighted by atomic mass is 16.1. The molecular weight excluding hydrogens is 276 g/mol. The molecule has 3 aromatic rings. The number of anilines is 1. The highest BCUT2D eigenvalue weighted by Crippen LogP contribution is 2.22. The van der Waals surface area contributed by atoms with Crippen LogP contribution in [-0.2, 0) is 0 Å². The first kappa shape index (κ1) is 14.1. The molecule has 0 aliphatic rings. The number of aromatic nitrogens is 3. The van der Waals surface area contributed by atoms with Crippen LogP contribution in [0.25, 0.3) is 11.2 Å². The van der Waals surface area contributed by atoms with Crippen molar-refractivity contribution < 1.29 is 4.79 Å². The van der Waals surface area contributed by atoms with Gasteiger partial charge in [-0.05, 0) is 38.0 Å². The summed E-state index contributed by atoms with van der Waals surface area (Å²) >= 11 is 0. The Kier molecular flexibility index (Phi) is 3.55. The summed E-state index contributed by atoms with van der Waals surface area (Å²) in [7, 11) is 0.